The van der Waals surface area contributed by atoms with E-state index in [2.05, 4.69) is 10.4 Å². The Morgan fingerprint density at radius 3 is 2.50 bits per heavy atom. The molecule has 10 heteroatoms. The number of carbonyl (C=O) groups excluding carboxylic acids is 1. The molecule has 2 aromatic carbocycles. The lowest BCUT2D eigenvalue weighted by atomic mass is 10.2. The van der Waals surface area contributed by atoms with Gasteiger partial charge in [0.1, 0.15) is 17.3 Å². The molecule has 4 rings (SSSR count). The summed E-state index contributed by atoms with van der Waals surface area (Å²) in [6.07, 6.45) is 1.45. The van der Waals surface area contributed by atoms with Gasteiger partial charge in [0.15, 0.2) is 0 Å². The summed E-state index contributed by atoms with van der Waals surface area (Å²) in [4.78, 5) is 38.8. The number of aromatic nitrogens is 3. The highest BCUT2D eigenvalue weighted by Crippen LogP contribution is 2.12. The Labute approximate surface area is 181 Å². The topological polar surface area (TPSA) is 95.2 Å². The van der Waals surface area contributed by atoms with E-state index in [1.54, 1.807) is 6.07 Å². The Balaban J connectivity index is 1.80. The average Bonchev–Trinajstić information content (AvgIpc) is 3.31. The van der Waals surface area contributed by atoms with Crippen molar-refractivity contribution in [3.05, 3.63) is 92.3 Å². The number of amides is 1. The van der Waals surface area contributed by atoms with Crippen LogP contribution in [0, 0.1) is 11.6 Å². The van der Waals surface area contributed by atoms with Crippen LogP contribution in [0.25, 0.3) is 5.69 Å². The molecule has 1 saturated heterocycles. The monoisotopic (exact) mass is 442 g/mol. The summed E-state index contributed by atoms with van der Waals surface area (Å²) in [6, 6.07) is 10.9. The van der Waals surface area contributed by atoms with Gasteiger partial charge < -0.3 is 10.1 Å². The second-order valence-electron chi connectivity index (χ2n) is 7.32. The van der Waals surface area contributed by atoms with E-state index in [1.165, 1.54) is 36.4 Å². The largest absolute Gasteiger partial charge is 0.376 e. The number of nitrogens with one attached hydrogen (secondary N) is 1. The first-order valence-electron chi connectivity index (χ1n) is 10.1. The first-order valence-corrected chi connectivity index (χ1v) is 10.1. The smallest absolute Gasteiger partial charge is 0.352 e. The van der Waals surface area contributed by atoms with E-state index in [-0.39, 0.29) is 23.9 Å². The van der Waals surface area contributed by atoms with E-state index in [0.717, 1.165) is 18.9 Å². The van der Waals surface area contributed by atoms with Crippen LogP contribution in [0.15, 0.2) is 58.1 Å². The molecule has 0 unspecified atom stereocenters. The van der Waals surface area contributed by atoms with Crippen LogP contribution >= 0.6 is 0 Å². The lowest BCUT2D eigenvalue weighted by molar-refractivity contribution is 0.0849. The van der Waals surface area contributed by atoms with Gasteiger partial charge in [0.2, 0.25) is 5.69 Å². The molecule has 1 aliphatic rings. The fraction of sp³-hybridized carbons (Fsp3) is 0.273. The zero-order valence-corrected chi connectivity index (χ0v) is 17.0. The van der Waals surface area contributed by atoms with Crippen LogP contribution in [0.5, 0.6) is 0 Å². The summed E-state index contributed by atoms with van der Waals surface area (Å²) in [5.41, 5.74) is -2.80. The van der Waals surface area contributed by atoms with E-state index in [1.807, 2.05) is 0 Å². The van der Waals surface area contributed by atoms with E-state index in [0.29, 0.717) is 15.9 Å². The lowest BCUT2D eigenvalue weighted by Gasteiger charge is -2.14. The summed E-state index contributed by atoms with van der Waals surface area (Å²) in [7, 11) is 0. The van der Waals surface area contributed by atoms with E-state index < -0.39 is 41.0 Å². The summed E-state index contributed by atoms with van der Waals surface area (Å²) < 4.78 is 35.3. The van der Waals surface area contributed by atoms with Crippen molar-refractivity contribution in [1.82, 2.24) is 19.7 Å². The zero-order chi connectivity index (χ0) is 22.7. The molecule has 0 bridgehead atoms. The molecule has 32 heavy (non-hydrogen) atoms. The SMILES string of the molecule is O=C(NC[C@@H]1CCCO1)c1nn(-c2ccccc2F)c(=O)n(Cc2ccccc2F)c1=O. The molecule has 1 N–H and O–H groups in total. The maximum absolute atomic E-state index is 14.4. The number of ether oxygens (including phenoxy) is 1. The number of hydrogen-bond donors (Lipinski definition) is 1. The molecular weight excluding hydrogens is 422 g/mol. The molecule has 8 nitrogen and oxygen atoms in total. The standard InChI is InChI=1S/C22H20F2N4O4/c23-16-8-2-1-6-14(16)13-27-21(30)19(20(29)25-12-15-7-5-11-32-15)26-28(22(27)31)18-10-4-3-9-17(18)24/h1-4,6,8-10,15H,5,7,11-13H2,(H,25,29)/t15-/m0/s1. The maximum Gasteiger partial charge on any atom is 0.352 e. The fourth-order valence-electron chi connectivity index (χ4n) is 3.47. The van der Waals surface area contributed by atoms with Crippen LogP contribution in [-0.4, -0.2) is 39.5 Å². The fourth-order valence-corrected chi connectivity index (χ4v) is 3.47. The predicted octanol–water partition coefficient (Wildman–Crippen LogP) is 1.63. The molecule has 2 heterocycles. The summed E-state index contributed by atoms with van der Waals surface area (Å²) >= 11 is 0. The van der Waals surface area contributed by atoms with Gasteiger partial charge >= 0.3 is 5.69 Å². The third-order valence-corrected chi connectivity index (χ3v) is 5.16. The van der Waals surface area contributed by atoms with Crippen molar-refractivity contribution in [2.75, 3.05) is 13.2 Å². The van der Waals surface area contributed by atoms with Gasteiger partial charge in [-0.1, -0.05) is 30.3 Å². The number of carbonyl (C=O) groups is 1. The number of rotatable bonds is 6. The molecule has 166 valence electrons. The van der Waals surface area contributed by atoms with Gasteiger partial charge in [-0.25, -0.2) is 13.6 Å². The van der Waals surface area contributed by atoms with E-state index in [9.17, 15) is 23.2 Å². The highest BCUT2D eigenvalue weighted by atomic mass is 19.1. The van der Waals surface area contributed by atoms with Crippen molar-refractivity contribution in [3.63, 3.8) is 0 Å². The van der Waals surface area contributed by atoms with Crippen molar-refractivity contribution >= 4 is 5.91 Å². The first-order chi connectivity index (χ1) is 15.5. The Kier molecular flexibility index (Phi) is 6.22. The van der Waals surface area contributed by atoms with Gasteiger partial charge in [0.25, 0.3) is 11.5 Å². The van der Waals surface area contributed by atoms with Gasteiger partial charge in [-0.15, -0.1) is 0 Å². The van der Waals surface area contributed by atoms with Crippen molar-refractivity contribution in [3.8, 4) is 5.69 Å². The minimum absolute atomic E-state index is 0.0590. The molecule has 1 aromatic heterocycles. The molecule has 0 saturated carbocycles. The number of benzene rings is 2. The highest BCUT2D eigenvalue weighted by Gasteiger charge is 2.23. The zero-order valence-electron chi connectivity index (χ0n) is 17.0. The van der Waals surface area contributed by atoms with Crippen LogP contribution in [-0.2, 0) is 11.3 Å². The maximum atomic E-state index is 14.4. The van der Waals surface area contributed by atoms with Gasteiger partial charge in [-0.3, -0.25) is 14.2 Å². The average molecular weight is 442 g/mol. The quantitative estimate of drug-likeness (QED) is 0.626. The number of para-hydroxylation sites is 1. The minimum Gasteiger partial charge on any atom is -0.376 e. The molecule has 3 aromatic rings. The molecule has 0 radical (unpaired) electrons. The van der Waals surface area contributed by atoms with Crippen molar-refractivity contribution in [2.24, 2.45) is 0 Å². The molecular formula is C22H20F2N4O4. The van der Waals surface area contributed by atoms with Gasteiger partial charge in [0, 0.05) is 18.7 Å². The lowest BCUT2D eigenvalue weighted by Crippen LogP contribution is -2.47. The summed E-state index contributed by atoms with van der Waals surface area (Å²) in [6.45, 7) is 0.297. The molecule has 1 amide bonds. The third kappa shape index (κ3) is 4.35. The Hall–Kier alpha value is -3.66. The Morgan fingerprint density at radius 2 is 1.81 bits per heavy atom. The molecule has 0 aliphatic carbocycles. The first kappa shape index (κ1) is 21.6. The molecule has 0 spiro atoms. The van der Waals surface area contributed by atoms with E-state index in [4.69, 9.17) is 4.74 Å². The summed E-state index contributed by atoms with van der Waals surface area (Å²) in [5.74, 6) is -2.24. The van der Waals surface area contributed by atoms with Crippen molar-refractivity contribution < 1.29 is 18.3 Å². The highest BCUT2D eigenvalue weighted by molar-refractivity contribution is 5.91. The van der Waals surface area contributed by atoms with Crippen LogP contribution < -0.4 is 16.6 Å². The molecule has 1 aliphatic heterocycles. The van der Waals surface area contributed by atoms with Gasteiger partial charge in [0.05, 0.1) is 12.6 Å². The number of halogens is 2. The van der Waals surface area contributed by atoms with Crippen LogP contribution in [0.4, 0.5) is 8.78 Å². The normalized spacial score (nSPS) is 15.6. The Morgan fingerprint density at radius 1 is 1.09 bits per heavy atom. The predicted molar refractivity (Wildman–Crippen MR) is 111 cm³/mol. The molecule has 1 fully saturated rings. The van der Waals surface area contributed by atoms with E-state index >= 15 is 0 Å². The second-order valence-corrected chi connectivity index (χ2v) is 7.32. The third-order valence-electron chi connectivity index (χ3n) is 5.16. The van der Waals surface area contributed by atoms with Gasteiger partial charge in [-0.2, -0.15) is 9.78 Å². The van der Waals surface area contributed by atoms with Crippen molar-refractivity contribution in [2.45, 2.75) is 25.5 Å². The second kappa shape index (κ2) is 9.23. The van der Waals surface area contributed by atoms with Gasteiger partial charge in [-0.05, 0) is 31.0 Å². The van der Waals surface area contributed by atoms with Crippen LogP contribution in [0.1, 0.15) is 28.9 Å². The number of hydrogen-bond acceptors (Lipinski definition) is 5. The van der Waals surface area contributed by atoms with Crippen LogP contribution in [0.2, 0.25) is 0 Å². The number of nitrogens with zero attached hydrogens (tertiary/aromatic N) is 3. The Bertz CT molecular complexity index is 1270. The molecule has 1 atom stereocenters. The minimum atomic E-state index is -1.00. The summed E-state index contributed by atoms with van der Waals surface area (Å²) in [5, 5.41) is 6.43. The van der Waals surface area contributed by atoms with Crippen LogP contribution in [0.3, 0.4) is 0 Å². The van der Waals surface area contributed by atoms with Crippen molar-refractivity contribution in [1.29, 1.82) is 0 Å².